The zero-order chi connectivity index (χ0) is 23.8. The summed E-state index contributed by atoms with van der Waals surface area (Å²) in [6.07, 6.45) is -0.310. The van der Waals surface area contributed by atoms with Crippen molar-refractivity contribution in [2.75, 3.05) is 16.8 Å². The van der Waals surface area contributed by atoms with Crippen molar-refractivity contribution in [2.24, 2.45) is 0 Å². The molecule has 0 amide bonds. The number of hydrogen-bond acceptors (Lipinski definition) is 6. The summed E-state index contributed by atoms with van der Waals surface area (Å²) in [5, 5.41) is 11.4. The molecule has 1 saturated heterocycles. The number of hydrogen-bond donors (Lipinski definition) is 1. The molecule has 4 aromatic rings. The Morgan fingerprint density at radius 2 is 2.00 bits per heavy atom. The topological polar surface area (TPSA) is 76.1 Å². The van der Waals surface area contributed by atoms with Gasteiger partial charge in [-0.05, 0) is 56.3 Å². The van der Waals surface area contributed by atoms with E-state index in [1.165, 1.54) is 6.07 Å². The third-order valence-electron chi connectivity index (χ3n) is 6.03. The fraction of sp³-hybridized carbons (Fsp3) is 0.292. The molecule has 0 bridgehead atoms. The van der Waals surface area contributed by atoms with Crippen LogP contribution < -0.4 is 10.2 Å². The molecule has 0 saturated carbocycles. The molecule has 4 heterocycles. The first kappa shape index (κ1) is 21.7. The summed E-state index contributed by atoms with van der Waals surface area (Å²) in [7, 11) is 0. The normalized spacial score (nSPS) is 17.9. The molecule has 8 nitrogen and oxygen atoms in total. The van der Waals surface area contributed by atoms with Crippen LogP contribution >= 0.6 is 0 Å². The number of benzene rings is 1. The highest BCUT2D eigenvalue weighted by Crippen LogP contribution is 2.35. The minimum atomic E-state index is -2.64. The number of halogens is 2. The van der Waals surface area contributed by atoms with E-state index in [0.717, 1.165) is 22.4 Å². The Labute approximate surface area is 195 Å². The van der Waals surface area contributed by atoms with Crippen LogP contribution in [0.4, 0.5) is 26.1 Å². The van der Waals surface area contributed by atoms with Gasteiger partial charge in [-0.15, -0.1) is 5.10 Å². The van der Waals surface area contributed by atoms with Crippen molar-refractivity contribution in [3.8, 4) is 12.4 Å². The van der Waals surface area contributed by atoms with Crippen molar-refractivity contribution in [3.63, 3.8) is 0 Å². The number of pyridine rings is 1. The Hall–Kier alpha value is -4.13. The van der Waals surface area contributed by atoms with Gasteiger partial charge in [-0.2, -0.15) is 5.10 Å². The molecule has 1 aromatic carbocycles. The fourth-order valence-electron chi connectivity index (χ4n) is 4.28. The van der Waals surface area contributed by atoms with Crippen LogP contribution in [-0.4, -0.2) is 43.4 Å². The van der Waals surface area contributed by atoms with E-state index in [1.807, 2.05) is 49.1 Å². The molecule has 1 aliphatic heterocycles. The molecule has 34 heavy (non-hydrogen) atoms. The second kappa shape index (κ2) is 8.67. The highest BCUT2D eigenvalue weighted by Gasteiger charge is 2.38. The van der Waals surface area contributed by atoms with E-state index in [0.29, 0.717) is 24.6 Å². The molecule has 1 aliphatic rings. The smallest absolute Gasteiger partial charge is 0.291 e. The monoisotopic (exact) mass is 461 g/mol. The van der Waals surface area contributed by atoms with Gasteiger partial charge in [-0.1, -0.05) is 4.85 Å². The van der Waals surface area contributed by atoms with Crippen molar-refractivity contribution in [1.82, 2.24) is 24.7 Å². The summed E-state index contributed by atoms with van der Waals surface area (Å²) in [6, 6.07) is 12.3. The number of aryl methyl sites for hydroxylation is 1. The van der Waals surface area contributed by atoms with Crippen LogP contribution in [0.1, 0.15) is 31.0 Å². The zero-order valence-electron chi connectivity index (χ0n) is 18.7. The number of anilines is 3. The Balaban J connectivity index is 1.49. The maximum absolute atomic E-state index is 13.8. The predicted octanol–water partition coefficient (Wildman–Crippen LogP) is 5.13. The minimum absolute atomic E-state index is 0.00409. The average Bonchev–Trinajstić information content (AvgIpc) is 3.43. The largest absolute Gasteiger partial charge is 0.345 e. The van der Waals surface area contributed by atoms with Crippen LogP contribution in [0.25, 0.3) is 21.7 Å². The molecule has 1 N–H and O–H groups in total. The quantitative estimate of drug-likeness (QED) is 0.444. The number of nitrogens with one attached hydrogen (secondary N) is 1. The molecule has 0 radical (unpaired) electrons. The van der Waals surface area contributed by atoms with Crippen molar-refractivity contribution < 1.29 is 8.78 Å². The Kier molecular flexibility index (Phi) is 5.53. The number of rotatable bonds is 5. The number of imidazole rings is 1. The third kappa shape index (κ3) is 4.01. The second-order valence-electron chi connectivity index (χ2n) is 8.43. The molecular formula is C24H23F2N8+. The molecular weight excluding hydrogens is 438 g/mol. The van der Waals surface area contributed by atoms with Gasteiger partial charge in [0.2, 0.25) is 0 Å². The highest BCUT2D eigenvalue weighted by atomic mass is 19.3. The number of alkyl halides is 2. The van der Waals surface area contributed by atoms with Crippen LogP contribution in [0.3, 0.4) is 0 Å². The third-order valence-corrected chi connectivity index (χ3v) is 6.03. The molecule has 0 aliphatic carbocycles. The van der Waals surface area contributed by atoms with E-state index in [2.05, 4.69) is 30.3 Å². The Bertz CT molecular complexity index is 1380. The molecule has 0 unspecified atom stereocenters. The van der Waals surface area contributed by atoms with Gasteiger partial charge in [-0.25, -0.2) is 18.7 Å². The van der Waals surface area contributed by atoms with E-state index < -0.39 is 6.43 Å². The van der Waals surface area contributed by atoms with Crippen molar-refractivity contribution >= 4 is 28.4 Å². The van der Waals surface area contributed by atoms with E-state index in [1.54, 1.807) is 17.0 Å². The lowest BCUT2D eigenvalue weighted by Gasteiger charge is -2.24. The molecule has 2 atom stereocenters. The lowest BCUT2D eigenvalue weighted by atomic mass is 10.2. The van der Waals surface area contributed by atoms with Crippen LogP contribution in [0, 0.1) is 13.5 Å². The van der Waals surface area contributed by atoms with E-state index in [4.69, 9.17) is 6.57 Å². The molecule has 1 fully saturated rings. The first-order valence-electron chi connectivity index (χ1n) is 10.9. The fourth-order valence-corrected chi connectivity index (χ4v) is 4.28. The van der Waals surface area contributed by atoms with Gasteiger partial charge < -0.3 is 10.2 Å². The number of fused-ring (bicyclic) bond motifs is 1. The van der Waals surface area contributed by atoms with Crippen LogP contribution in [0.15, 0.2) is 48.8 Å². The second-order valence-corrected chi connectivity index (χ2v) is 8.43. The van der Waals surface area contributed by atoms with Crippen molar-refractivity contribution in [1.29, 1.82) is 0 Å². The van der Waals surface area contributed by atoms with Gasteiger partial charge in [0.15, 0.2) is 5.82 Å². The van der Waals surface area contributed by atoms with E-state index in [-0.39, 0.29) is 23.5 Å². The van der Waals surface area contributed by atoms with E-state index >= 15 is 0 Å². The van der Waals surface area contributed by atoms with Gasteiger partial charge in [0.05, 0.1) is 28.8 Å². The summed E-state index contributed by atoms with van der Waals surface area (Å²) in [6.45, 7) is 9.77. The van der Waals surface area contributed by atoms with E-state index in [9.17, 15) is 8.78 Å². The Morgan fingerprint density at radius 1 is 1.15 bits per heavy atom. The summed E-state index contributed by atoms with van der Waals surface area (Å²) in [4.78, 5) is 14.8. The summed E-state index contributed by atoms with van der Waals surface area (Å²) in [5.41, 5.74) is 3.06. The van der Waals surface area contributed by atoms with Gasteiger partial charge in [0, 0.05) is 18.2 Å². The molecule has 0 spiro atoms. The highest BCUT2D eigenvalue weighted by molar-refractivity contribution is 5.82. The van der Waals surface area contributed by atoms with Crippen LogP contribution in [-0.2, 0) is 0 Å². The molecule has 3 aromatic heterocycles. The lowest BCUT2D eigenvalue weighted by molar-refractivity contribution is 0.151. The summed E-state index contributed by atoms with van der Waals surface area (Å²) in [5.74, 6) is 1.39. The van der Waals surface area contributed by atoms with Crippen molar-refractivity contribution in [2.45, 2.75) is 38.8 Å². The van der Waals surface area contributed by atoms with Gasteiger partial charge in [-0.3, -0.25) is 4.57 Å². The summed E-state index contributed by atoms with van der Waals surface area (Å²) >= 11 is 0. The van der Waals surface area contributed by atoms with Crippen LogP contribution in [0.2, 0.25) is 0 Å². The van der Waals surface area contributed by atoms with Crippen LogP contribution in [0.5, 0.6) is 0 Å². The summed E-state index contributed by atoms with van der Waals surface area (Å²) < 4.78 is 29.4. The maximum Gasteiger partial charge on any atom is 0.291 e. The SMILES string of the molecule is C#[N+][C@@H]1C[C@H](C)N(c2nc(-n3cnc4cc(Nc5ccc(C)nn5)ccc43)ccc2C(F)F)C1. The molecule has 172 valence electrons. The van der Waals surface area contributed by atoms with Gasteiger partial charge >= 0.3 is 0 Å². The minimum Gasteiger partial charge on any atom is -0.345 e. The average molecular weight is 462 g/mol. The first-order valence-corrected chi connectivity index (χ1v) is 10.9. The number of aromatic nitrogens is 5. The first-order chi connectivity index (χ1) is 16.4. The Morgan fingerprint density at radius 3 is 2.71 bits per heavy atom. The molecule has 10 heteroatoms. The van der Waals surface area contributed by atoms with Crippen molar-refractivity contribution in [3.05, 3.63) is 64.9 Å². The predicted molar refractivity (Wildman–Crippen MR) is 127 cm³/mol. The number of nitrogens with zero attached hydrogens (tertiary/aromatic N) is 7. The van der Waals surface area contributed by atoms with Gasteiger partial charge in [0.25, 0.3) is 19.0 Å². The van der Waals surface area contributed by atoms with Gasteiger partial charge in [0.1, 0.15) is 18.0 Å². The standard InChI is InChI=1S/C24H23F2N8/c1-14-4-8-21(32-31-14)29-16-5-7-20-19(11-16)28-13-34(20)22-9-6-18(23(25)26)24(30-22)33-12-17(27-3)10-15(33)2/h3-9,11,13,15,17,23H,10,12H2,1-2H3,(H,29,32)/q+1/t15-,17+/m0/s1. The molecule has 5 rings (SSSR count). The maximum atomic E-state index is 13.8. The lowest BCUT2D eigenvalue weighted by Crippen LogP contribution is -2.29. The zero-order valence-corrected chi connectivity index (χ0v) is 18.7.